The topological polar surface area (TPSA) is 49.4 Å². The van der Waals surface area contributed by atoms with Crippen LogP contribution in [0.2, 0.25) is 0 Å². The summed E-state index contributed by atoms with van der Waals surface area (Å²) in [5, 5.41) is 1.10. The van der Waals surface area contributed by atoms with Gasteiger partial charge in [0.25, 0.3) is 11.8 Å². The highest BCUT2D eigenvalue weighted by atomic mass is 32.2. The van der Waals surface area contributed by atoms with Crippen LogP contribution in [0.3, 0.4) is 0 Å². The van der Waals surface area contributed by atoms with Gasteiger partial charge in [-0.2, -0.15) is 11.8 Å². The van der Waals surface area contributed by atoms with E-state index in [-0.39, 0.29) is 11.8 Å². The van der Waals surface area contributed by atoms with E-state index in [2.05, 4.69) is 5.43 Å². The van der Waals surface area contributed by atoms with E-state index in [1.165, 1.54) is 0 Å². The van der Waals surface area contributed by atoms with Crippen LogP contribution in [0.4, 0.5) is 0 Å². The van der Waals surface area contributed by atoms with E-state index in [0.717, 1.165) is 10.8 Å². The summed E-state index contributed by atoms with van der Waals surface area (Å²) in [7, 11) is 0. The van der Waals surface area contributed by atoms with Crippen LogP contribution >= 0.6 is 11.8 Å². The summed E-state index contributed by atoms with van der Waals surface area (Å²) >= 11 is 1.66. The normalized spacial score (nSPS) is 14.4. The van der Waals surface area contributed by atoms with Gasteiger partial charge in [0.15, 0.2) is 0 Å². The highest BCUT2D eigenvalue weighted by molar-refractivity contribution is 7.98. The number of benzene rings is 1. The molecule has 0 unspecified atom stereocenters. The Morgan fingerprint density at radius 1 is 1.19 bits per heavy atom. The van der Waals surface area contributed by atoms with Crippen LogP contribution in [0.15, 0.2) is 24.3 Å². The summed E-state index contributed by atoms with van der Waals surface area (Å²) < 4.78 is 0. The smallest absolute Gasteiger partial charge is 0.267 e. The lowest BCUT2D eigenvalue weighted by atomic mass is 10.1. The van der Waals surface area contributed by atoms with E-state index in [1.807, 2.05) is 6.26 Å². The maximum absolute atomic E-state index is 11.8. The van der Waals surface area contributed by atoms with Gasteiger partial charge in [-0.15, -0.1) is 0 Å². The van der Waals surface area contributed by atoms with Crippen LogP contribution in [0.1, 0.15) is 20.7 Å². The Bertz CT molecular complexity index is 399. The van der Waals surface area contributed by atoms with Gasteiger partial charge in [-0.25, -0.2) is 10.4 Å². The quantitative estimate of drug-likeness (QED) is 0.629. The highest BCUT2D eigenvalue weighted by Gasteiger charge is 2.34. The summed E-state index contributed by atoms with van der Waals surface area (Å²) in [5.41, 5.74) is 3.79. The number of carbonyl (C=O) groups excluding carboxylic acids is 2. The Morgan fingerprint density at radius 2 is 1.75 bits per heavy atom. The number of hydrogen-bond donors (Lipinski definition) is 1. The molecule has 16 heavy (non-hydrogen) atoms. The Balaban J connectivity index is 2.15. The van der Waals surface area contributed by atoms with Gasteiger partial charge in [0.2, 0.25) is 0 Å². The predicted molar refractivity (Wildman–Crippen MR) is 63.3 cm³/mol. The molecular weight excluding hydrogens is 224 g/mol. The van der Waals surface area contributed by atoms with Gasteiger partial charge >= 0.3 is 0 Å². The first-order chi connectivity index (χ1) is 7.75. The molecule has 2 amide bonds. The maximum Gasteiger partial charge on any atom is 0.276 e. The molecular formula is C11H12N2O2S. The standard InChI is InChI=1S/C11H12N2O2S/c1-16-7-6-12-13-10(14)8-4-2-3-5-9(8)11(13)15/h2-5,12H,6-7H2,1H3. The minimum absolute atomic E-state index is 0.262. The van der Waals surface area contributed by atoms with Crippen molar-refractivity contribution in [2.75, 3.05) is 18.6 Å². The predicted octanol–water partition coefficient (Wildman–Crippen LogP) is 1.15. The van der Waals surface area contributed by atoms with Crippen molar-refractivity contribution in [1.82, 2.24) is 10.4 Å². The lowest BCUT2D eigenvalue weighted by molar-refractivity contribution is 0.0572. The summed E-state index contributed by atoms with van der Waals surface area (Å²) in [6.07, 6.45) is 1.98. The lowest BCUT2D eigenvalue weighted by Crippen LogP contribution is -2.43. The molecule has 4 nitrogen and oxygen atoms in total. The largest absolute Gasteiger partial charge is 0.276 e. The van der Waals surface area contributed by atoms with E-state index >= 15 is 0 Å². The molecule has 1 N–H and O–H groups in total. The fourth-order valence-corrected chi connectivity index (χ4v) is 1.89. The highest BCUT2D eigenvalue weighted by Crippen LogP contribution is 2.20. The zero-order chi connectivity index (χ0) is 11.5. The van der Waals surface area contributed by atoms with Crippen molar-refractivity contribution in [3.05, 3.63) is 35.4 Å². The number of nitrogens with one attached hydrogen (secondary N) is 1. The molecule has 0 radical (unpaired) electrons. The molecule has 0 aliphatic carbocycles. The van der Waals surface area contributed by atoms with Crippen molar-refractivity contribution < 1.29 is 9.59 Å². The van der Waals surface area contributed by atoms with Crippen LogP contribution in [0, 0.1) is 0 Å². The number of nitrogens with zero attached hydrogens (tertiary/aromatic N) is 1. The maximum atomic E-state index is 11.8. The van der Waals surface area contributed by atoms with Gasteiger partial charge in [0.05, 0.1) is 11.1 Å². The molecule has 0 saturated heterocycles. The number of rotatable bonds is 4. The number of thioether (sulfide) groups is 1. The molecule has 1 heterocycles. The van der Waals surface area contributed by atoms with Gasteiger partial charge in [-0.05, 0) is 18.4 Å². The Hall–Kier alpha value is -1.33. The van der Waals surface area contributed by atoms with Gasteiger partial charge in [0, 0.05) is 12.3 Å². The molecule has 5 heteroatoms. The first-order valence-electron chi connectivity index (χ1n) is 4.96. The number of hydrogen-bond acceptors (Lipinski definition) is 4. The molecule has 1 aromatic carbocycles. The minimum atomic E-state index is -0.262. The summed E-state index contributed by atoms with van der Waals surface area (Å²) in [6, 6.07) is 6.86. The molecule has 1 aliphatic heterocycles. The zero-order valence-corrected chi connectivity index (χ0v) is 9.71. The molecule has 0 aromatic heterocycles. The summed E-state index contributed by atoms with van der Waals surface area (Å²) in [6.45, 7) is 0.604. The van der Waals surface area contributed by atoms with E-state index in [4.69, 9.17) is 0 Å². The third-order valence-electron chi connectivity index (χ3n) is 2.37. The second-order valence-corrected chi connectivity index (χ2v) is 4.38. The first-order valence-corrected chi connectivity index (χ1v) is 6.35. The fourth-order valence-electron chi connectivity index (χ4n) is 1.59. The van der Waals surface area contributed by atoms with Gasteiger partial charge in [-0.3, -0.25) is 9.59 Å². The Morgan fingerprint density at radius 3 is 2.25 bits per heavy atom. The lowest BCUT2D eigenvalue weighted by Gasteiger charge is -2.14. The third kappa shape index (κ3) is 1.83. The molecule has 0 saturated carbocycles. The molecule has 0 fully saturated rings. The van der Waals surface area contributed by atoms with E-state index in [1.54, 1.807) is 36.0 Å². The van der Waals surface area contributed by atoms with Crippen LogP contribution in [0.5, 0.6) is 0 Å². The minimum Gasteiger partial charge on any atom is -0.267 e. The molecule has 1 aliphatic rings. The molecule has 1 aromatic rings. The van der Waals surface area contributed by atoms with Crippen molar-refractivity contribution in [1.29, 1.82) is 0 Å². The second kappa shape index (κ2) is 4.67. The molecule has 0 bridgehead atoms. The van der Waals surface area contributed by atoms with Gasteiger partial charge in [-0.1, -0.05) is 12.1 Å². The van der Waals surface area contributed by atoms with E-state index < -0.39 is 0 Å². The van der Waals surface area contributed by atoms with E-state index in [0.29, 0.717) is 17.7 Å². The first kappa shape index (κ1) is 11.2. The zero-order valence-electron chi connectivity index (χ0n) is 8.90. The average Bonchev–Trinajstić information content (AvgIpc) is 2.55. The summed E-state index contributed by atoms with van der Waals surface area (Å²) in [4.78, 5) is 23.7. The van der Waals surface area contributed by atoms with Crippen LogP contribution in [-0.2, 0) is 0 Å². The number of imide groups is 1. The Kier molecular flexibility index (Phi) is 3.26. The van der Waals surface area contributed by atoms with Crippen LogP contribution in [-0.4, -0.2) is 35.4 Å². The number of amides is 2. The fraction of sp³-hybridized carbons (Fsp3) is 0.273. The van der Waals surface area contributed by atoms with Crippen molar-refractivity contribution >= 4 is 23.6 Å². The monoisotopic (exact) mass is 236 g/mol. The molecule has 2 rings (SSSR count). The molecule has 0 atom stereocenters. The van der Waals surface area contributed by atoms with Crippen LogP contribution < -0.4 is 5.43 Å². The SMILES string of the molecule is CSCCNN1C(=O)c2ccccc2C1=O. The Labute approximate surface area is 98.0 Å². The summed E-state index contributed by atoms with van der Waals surface area (Å²) in [5.74, 6) is 0.330. The average molecular weight is 236 g/mol. The number of carbonyl (C=O) groups is 2. The van der Waals surface area contributed by atoms with Crippen molar-refractivity contribution in [2.24, 2.45) is 0 Å². The van der Waals surface area contributed by atoms with Crippen molar-refractivity contribution in [3.63, 3.8) is 0 Å². The van der Waals surface area contributed by atoms with Crippen molar-refractivity contribution in [3.8, 4) is 0 Å². The van der Waals surface area contributed by atoms with E-state index in [9.17, 15) is 9.59 Å². The number of fused-ring (bicyclic) bond motifs is 1. The van der Waals surface area contributed by atoms with Crippen molar-refractivity contribution in [2.45, 2.75) is 0 Å². The second-order valence-electron chi connectivity index (χ2n) is 3.39. The third-order valence-corrected chi connectivity index (χ3v) is 2.98. The number of hydrazine groups is 1. The molecule has 0 spiro atoms. The van der Waals surface area contributed by atoms with Crippen LogP contribution in [0.25, 0.3) is 0 Å². The van der Waals surface area contributed by atoms with Gasteiger partial charge in [0.1, 0.15) is 0 Å². The molecule has 84 valence electrons. The van der Waals surface area contributed by atoms with Gasteiger partial charge < -0.3 is 0 Å².